The summed E-state index contributed by atoms with van der Waals surface area (Å²) in [5.41, 5.74) is 1.44. The number of benzene rings is 2. The molecule has 0 unspecified atom stereocenters. The summed E-state index contributed by atoms with van der Waals surface area (Å²) >= 11 is 7.81. The molecule has 6 nitrogen and oxygen atoms in total. The number of methoxy groups -OCH3 is 1. The summed E-state index contributed by atoms with van der Waals surface area (Å²) in [5.74, 6) is 1.23. The molecule has 2 N–H and O–H groups in total. The van der Waals surface area contributed by atoms with Crippen LogP contribution in [0.4, 0.5) is 0 Å². The number of piperidine rings is 2. The minimum Gasteiger partial charge on any atom is -0.496 e. The van der Waals surface area contributed by atoms with Crippen LogP contribution in [0.25, 0.3) is 10.1 Å². The number of halogens is 1. The monoisotopic (exact) mass is 539 g/mol. The number of ether oxygens (including phenoxy) is 1. The fraction of sp³-hybridized carbons (Fsp3) is 0.448. The van der Waals surface area contributed by atoms with Gasteiger partial charge in [0.2, 0.25) is 11.8 Å². The van der Waals surface area contributed by atoms with Gasteiger partial charge in [-0.25, -0.2) is 0 Å². The standard InChI is InChI=1S/C29H34ClN3O3S/c1-19-23-17-21(30)7-8-25(23)37-26(19)18-27(34)32-29(11-13-31-14-12-29)28(35)33-15-9-20(10-16-33)22-5-3-4-6-24(22)36-2/h3-8,17,20,31H,9-16,18H2,1-2H3,(H,32,34). The van der Waals surface area contributed by atoms with Crippen LogP contribution in [0.5, 0.6) is 5.75 Å². The van der Waals surface area contributed by atoms with Gasteiger partial charge in [-0.2, -0.15) is 0 Å². The average molecular weight is 540 g/mol. The lowest BCUT2D eigenvalue weighted by molar-refractivity contribution is -0.144. The van der Waals surface area contributed by atoms with E-state index in [1.807, 2.05) is 48.2 Å². The topological polar surface area (TPSA) is 70.7 Å². The van der Waals surface area contributed by atoms with Crippen LogP contribution in [0.15, 0.2) is 42.5 Å². The smallest absolute Gasteiger partial charge is 0.248 e. The Hall–Kier alpha value is -2.61. The molecule has 37 heavy (non-hydrogen) atoms. The van der Waals surface area contributed by atoms with Crippen molar-refractivity contribution in [3.05, 3.63) is 63.5 Å². The molecule has 2 aromatic carbocycles. The fourth-order valence-corrected chi connectivity index (χ4v) is 7.18. The second-order valence-electron chi connectivity index (χ2n) is 10.2. The van der Waals surface area contributed by atoms with Crippen molar-refractivity contribution in [3.8, 4) is 5.75 Å². The Morgan fingerprint density at radius 2 is 1.89 bits per heavy atom. The fourth-order valence-electron chi connectivity index (χ4n) is 5.82. The van der Waals surface area contributed by atoms with Crippen molar-refractivity contribution in [2.24, 2.45) is 0 Å². The van der Waals surface area contributed by atoms with Crippen molar-refractivity contribution in [2.75, 3.05) is 33.3 Å². The van der Waals surface area contributed by atoms with Gasteiger partial charge in [0.05, 0.1) is 13.5 Å². The highest BCUT2D eigenvalue weighted by atomic mass is 35.5. The van der Waals surface area contributed by atoms with Crippen LogP contribution in [-0.2, 0) is 16.0 Å². The number of amides is 2. The predicted octanol–water partition coefficient (Wildman–Crippen LogP) is 5.06. The van der Waals surface area contributed by atoms with Gasteiger partial charge in [0, 0.05) is 27.7 Å². The van der Waals surface area contributed by atoms with Crippen LogP contribution in [0.1, 0.15) is 47.6 Å². The first-order chi connectivity index (χ1) is 17.9. The van der Waals surface area contributed by atoms with Crippen molar-refractivity contribution in [3.63, 3.8) is 0 Å². The van der Waals surface area contributed by atoms with E-state index in [-0.39, 0.29) is 18.2 Å². The number of carbonyl (C=O) groups excluding carboxylic acids is 2. The molecule has 3 aromatic rings. The SMILES string of the molecule is COc1ccccc1C1CCN(C(=O)C2(NC(=O)Cc3sc4ccc(Cl)cc4c3C)CCNCC2)CC1. The molecule has 2 amide bonds. The number of aryl methyl sites for hydroxylation is 1. The average Bonchev–Trinajstić information content (AvgIpc) is 3.22. The third-order valence-corrected chi connectivity index (χ3v) is 9.43. The Labute approximate surface area is 227 Å². The maximum absolute atomic E-state index is 13.9. The van der Waals surface area contributed by atoms with E-state index in [0.717, 1.165) is 39.1 Å². The normalized spacial score (nSPS) is 18.1. The maximum atomic E-state index is 13.9. The molecule has 0 bridgehead atoms. The Morgan fingerprint density at radius 3 is 2.62 bits per heavy atom. The van der Waals surface area contributed by atoms with Gasteiger partial charge < -0.3 is 20.3 Å². The summed E-state index contributed by atoms with van der Waals surface area (Å²) < 4.78 is 6.69. The first-order valence-corrected chi connectivity index (χ1v) is 14.2. The molecule has 0 saturated carbocycles. The zero-order valence-electron chi connectivity index (χ0n) is 21.4. The zero-order chi connectivity index (χ0) is 26.0. The Bertz CT molecular complexity index is 1290. The molecule has 8 heteroatoms. The van der Waals surface area contributed by atoms with E-state index in [4.69, 9.17) is 16.3 Å². The number of carbonyl (C=O) groups is 2. The van der Waals surface area contributed by atoms with E-state index in [1.165, 1.54) is 5.56 Å². The van der Waals surface area contributed by atoms with E-state index in [2.05, 4.69) is 16.7 Å². The molecule has 5 rings (SSSR count). The lowest BCUT2D eigenvalue weighted by Gasteiger charge is -2.42. The van der Waals surface area contributed by atoms with Gasteiger partial charge in [0.1, 0.15) is 11.3 Å². The highest BCUT2D eigenvalue weighted by molar-refractivity contribution is 7.19. The van der Waals surface area contributed by atoms with E-state index < -0.39 is 5.54 Å². The molecule has 0 aliphatic carbocycles. The number of nitrogens with one attached hydrogen (secondary N) is 2. The van der Waals surface area contributed by atoms with Crippen LogP contribution in [0.3, 0.4) is 0 Å². The van der Waals surface area contributed by atoms with E-state index in [9.17, 15) is 9.59 Å². The van der Waals surface area contributed by atoms with Crippen LogP contribution >= 0.6 is 22.9 Å². The third kappa shape index (κ3) is 5.35. The van der Waals surface area contributed by atoms with Gasteiger partial charge in [-0.15, -0.1) is 11.3 Å². The second kappa shape index (κ2) is 11.0. The first kappa shape index (κ1) is 26.0. The third-order valence-electron chi connectivity index (χ3n) is 7.92. The number of rotatable bonds is 6. The molecule has 2 aliphatic heterocycles. The summed E-state index contributed by atoms with van der Waals surface area (Å²) in [6, 6.07) is 14.0. The van der Waals surface area contributed by atoms with Crippen LogP contribution in [-0.4, -0.2) is 55.5 Å². The number of fused-ring (bicyclic) bond motifs is 1. The molecule has 2 saturated heterocycles. The molecular formula is C29H34ClN3O3S. The predicted molar refractivity (Wildman–Crippen MR) is 150 cm³/mol. The number of likely N-dealkylation sites (tertiary alicyclic amines) is 1. The second-order valence-corrected chi connectivity index (χ2v) is 11.7. The highest BCUT2D eigenvalue weighted by Gasteiger charge is 2.44. The molecule has 0 radical (unpaired) electrons. The van der Waals surface area contributed by atoms with Gasteiger partial charge in [0.25, 0.3) is 0 Å². The first-order valence-electron chi connectivity index (χ1n) is 13.0. The van der Waals surface area contributed by atoms with E-state index in [1.54, 1.807) is 18.4 Å². The summed E-state index contributed by atoms with van der Waals surface area (Å²) in [5, 5.41) is 8.34. The van der Waals surface area contributed by atoms with Crippen molar-refractivity contribution >= 4 is 44.8 Å². The van der Waals surface area contributed by atoms with Crippen molar-refractivity contribution in [1.82, 2.24) is 15.5 Å². The van der Waals surface area contributed by atoms with Crippen LogP contribution in [0.2, 0.25) is 5.02 Å². The molecule has 196 valence electrons. The van der Waals surface area contributed by atoms with Crippen LogP contribution < -0.4 is 15.4 Å². The lowest BCUT2D eigenvalue weighted by atomic mass is 9.84. The maximum Gasteiger partial charge on any atom is 0.248 e. The Kier molecular flexibility index (Phi) is 7.75. The molecule has 2 fully saturated rings. The molecule has 2 aliphatic rings. The van der Waals surface area contributed by atoms with Gasteiger partial charge in [-0.05, 0) is 92.4 Å². The van der Waals surface area contributed by atoms with E-state index >= 15 is 0 Å². The largest absolute Gasteiger partial charge is 0.496 e. The van der Waals surface area contributed by atoms with Crippen molar-refractivity contribution in [2.45, 2.75) is 50.5 Å². The number of nitrogens with zero attached hydrogens (tertiary/aromatic N) is 1. The molecule has 0 atom stereocenters. The summed E-state index contributed by atoms with van der Waals surface area (Å²) in [6.45, 7) is 4.83. The van der Waals surface area contributed by atoms with Crippen molar-refractivity contribution < 1.29 is 14.3 Å². The minimum absolute atomic E-state index is 0.0562. The molecular weight excluding hydrogens is 506 g/mol. The van der Waals surface area contributed by atoms with Gasteiger partial charge in [-0.1, -0.05) is 29.8 Å². The number of thiophene rings is 1. The van der Waals surface area contributed by atoms with Crippen molar-refractivity contribution in [1.29, 1.82) is 0 Å². The minimum atomic E-state index is -0.854. The Balaban J connectivity index is 1.28. The lowest BCUT2D eigenvalue weighted by Crippen LogP contribution is -2.64. The quantitative estimate of drug-likeness (QED) is 0.459. The molecule has 0 spiro atoms. The highest BCUT2D eigenvalue weighted by Crippen LogP contribution is 2.36. The van der Waals surface area contributed by atoms with Crippen LogP contribution in [0, 0.1) is 6.92 Å². The van der Waals surface area contributed by atoms with E-state index in [0.29, 0.717) is 50.0 Å². The summed E-state index contributed by atoms with van der Waals surface area (Å²) in [6.07, 6.45) is 3.24. The summed E-state index contributed by atoms with van der Waals surface area (Å²) in [7, 11) is 1.70. The molecule has 3 heterocycles. The number of hydrogen-bond acceptors (Lipinski definition) is 5. The van der Waals surface area contributed by atoms with Gasteiger partial charge >= 0.3 is 0 Å². The zero-order valence-corrected chi connectivity index (χ0v) is 23.0. The van der Waals surface area contributed by atoms with Gasteiger partial charge in [-0.3, -0.25) is 9.59 Å². The van der Waals surface area contributed by atoms with Gasteiger partial charge in [0.15, 0.2) is 0 Å². The number of para-hydroxylation sites is 1. The molecule has 1 aromatic heterocycles. The number of hydrogen-bond donors (Lipinski definition) is 2. The summed E-state index contributed by atoms with van der Waals surface area (Å²) in [4.78, 5) is 30.2. The Morgan fingerprint density at radius 1 is 1.16 bits per heavy atom.